The Morgan fingerprint density at radius 2 is 2.10 bits per heavy atom. The van der Waals surface area contributed by atoms with E-state index in [1.165, 1.54) is 12.8 Å². The van der Waals surface area contributed by atoms with Crippen molar-refractivity contribution in [1.29, 1.82) is 0 Å². The molecule has 0 saturated carbocycles. The highest BCUT2D eigenvalue weighted by Crippen LogP contribution is 2.30. The summed E-state index contributed by atoms with van der Waals surface area (Å²) in [7, 11) is 1.91. The summed E-state index contributed by atoms with van der Waals surface area (Å²) < 4.78 is 14.3. The minimum absolute atomic E-state index is 0.0826. The molecular formula is C17H27FN2. The van der Waals surface area contributed by atoms with Gasteiger partial charge >= 0.3 is 0 Å². The molecule has 0 radical (unpaired) electrons. The molecule has 1 fully saturated rings. The second-order valence-electron chi connectivity index (χ2n) is 6.20. The molecule has 112 valence electrons. The Morgan fingerprint density at radius 1 is 1.30 bits per heavy atom. The van der Waals surface area contributed by atoms with Crippen LogP contribution in [0.25, 0.3) is 0 Å². The SMILES string of the molecule is CNCc1cccc(F)c1N1CCCC(C(C)C)CC1. The van der Waals surface area contributed by atoms with Gasteiger partial charge in [-0.15, -0.1) is 0 Å². The molecule has 0 aliphatic carbocycles. The van der Waals surface area contributed by atoms with Crippen LogP contribution in [0.2, 0.25) is 0 Å². The van der Waals surface area contributed by atoms with Crippen molar-refractivity contribution in [1.82, 2.24) is 5.32 Å². The van der Waals surface area contributed by atoms with Crippen LogP contribution in [0.1, 0.15) is 38.7 Å². The van der Waals surface area contributed by atoms with Gasteiger partial charge in [0.25, 0.3) is 0 Å². The van der Waals surface area contributed by atoms with Crippen LogP contribution >= 0.6 is 0 Å². The maximum Gasteiger partial charge on any atom is 0.146 e. The van der Waals surface area contributed by atoms with Crippen molar-refractivity contribution in [2.24, 2.45) is 11.8 Å². The number of nitrogens with zero attached hydrogens (tertiary/aromatic N) is 1. The number of hydrogen-bond acceptors (Lipinski definition) is 2. The summed E-state index contributed by atoms with van der Waals surface area (Å²) >= 11 is 0. The van der Waals surface area contributed by atoms with Gasteiger partial charge in [0.2, 0.25) is 0 Å². The fourth-order valence-corrected chi connectivity index (χ4v) is 3.26. The van der Waals surface area contributed by atoms with Crippen molar-refractivity contribution in [2.75, 3.05) is 25.0 Å². The molecule has 1 N–H and O–H groups in total. The van der Waals surface area contributed by atoms with E-state index in [0.717, 1.165) is 49.1 Å². The Bertz CT molecular complexity index is 431. The predicted molar refractivity (Wildman–Crippen MR) is 83.6 cm³/mol. The van der Waals surface area contributed by atoms with E-state index < -0.39 is 0 Å². The third-order valence-corrected chi connectivity index (χ3v) is 4.47. The lowest BCUT2D eigenvalue weighted by Crippen LogP contribution is -2.27. The summed E-state index contributed by atoms with van der Waals surface area (Å²) in [5.74, 6) is 1.42. The molecule has 1 aromatic rings. The molecule has 3 heteroatoms. The van der Waals surface area contributed by atoms with Crippen molar-refractivity contribution in [3.05, 3.63) is 29.6 Å². The molecule has 1 unspecified atom stereocenters. The quantitative estimate of drug-likeness (QED) is 0.901. The lowest BCUT2D eigenvalue weighted by molar-refractivity contribution is 0.351. The van der Waals surface area contributed by atoms with E-state index in [1.54, 1.807) is 12.1 Å². The van der Waals surface area contributed by atoms with Gasteiger partial charge in [0.15, 0.2) is 0 Å². The van der Waals surface area contributed by atoms with Crippen LogP contribution in [0.15, 0.2) is 18.2 Å². The number of para-hydroxylation sites is 1. The van der Waals surface area contributed by atoms with E-state index in [2.05, 4.69) is 24.1 Å². The molecular weight excluding hydrogens is 251 g/mol. The molecule has 1 aromatic carbocycles. The molecule has 2 rings (SSSR count). The smallest absolute Gasteiger partial charge is 0.146 e. The van der Waals surface area contributed by atoms with Gasteiger partial charge in [0, 0.05) is 19.6 Å². The Balaban J connectivity index is 2.19. The number of rotatable bonds is 4. The van der Waals surface area contributed by atoms with Gasteiger partial charge in [-0.3, -0.25) is 0 Å². The van der Waals surface area contributed by atoms with Crippen LogP contribution < -0.4 is 10.2 Å². The van der Waals surface area contributed by atoms with E-state index in [0.29, 0.717) is 0 Å². The second-order valence-corrected chi connectivity index (χ2v) is 6.20. The maximum atomic E-state index is 14.3. The van der Waals surface area contributed by atoms with E-state index in [9.17, 15) is 4.39 Å². The minimum atomic E-state index is -0.0826. The standard InChI is InChI=1S/C17H27FN2/c1-13(2)14-7-5-10-20(11-9-14)17-15(12-19-3)6-4-8-16(17)18/h4,6,8,13-14,19H,5,7,9-12H2,1-3H3. The second kappa shape index (κ2) is 7.07. The Hall–Kier alpha value is -1.09. The first-order chi connectivity index (χ1) is 9.63. The van der Waals surface area contributed by atoms with Gasteiger partial charge in [0.1, 0.15) is 5.82 Å². The third-order valence-electron chi connectivity index (χ3n) is 4.47. The molecule has 0 amide bonds. The van der Waals surface area contributed by atoms with Gasteiger partial charge in [0.05, 0.1) is 5.69 Å². The molecule has 1 aliphatic rings. The number of halogens is 1. The summed E-state index contributed by atoms with van der Waals surface area (Å²) in [6.07, 6.45) is 3.60. The highest BCUT2D eigenvalue weighted by molar-refractivity contribution is 5.55. The summed E-state index contributed by atoms with van der Waals surface area (Å²) in [5, 5.41) is 3.14. The fourth-order valence-electron chi connectivity index (χ4n) is 3.26. The van der Waals surface area contributed by atoms with Gasteiger partial charge in [-0.2, -0.15) is 0 Å². The minimum Gasteiger partial charge on any atom is -0.369 e. The van der Waals surface area contributed by atoms with E-state index in [-0.39, 0.29) is 5.82 Å². The topological polar surface area (TPSA) is 15.3 Å². The summed E-state index contributed by atoms with van der Waals surface area (Å²) in [4.78, 5) is 2.25. The average molecular weight is 278 g/mol. The molecule has 0 bridgehead atoms. The largest absolute Gasteiger partial charge is 0.369 e. The zero-order valence-electron chi connectivity index (χ0n) is 13.0. The zero-order valence-corrected chi connectivity index (χ0v) is 13.0. The van der Waals surface area contributed by atoms with Crippen LogP contribution in [0, 0.1) is 17.7 Å². The van der Waals surface area contributed by atoms with Crippen molar-refractivity contribution in [3.8, 4) is 0 Å². The van der Waals surface area contributed by atoms with Crippen LogP contribution in [0.4, 0.5) is 10.1 Å². The first kappa shape index (κ1) is 15.3. The molecule has 1 atom stereocenters. The first-order valence-electron chi connectivity index (χ1n) is 7.80. The molecule has 1 saturated heterocycles. The molecule has 1 aliphatic heterocycles. The fraction of sp³-hybridized carbons (Fsp3) is 0.647. The molecule has 2 nitrogen and oxygen atoms in total. The van der Waals surface area contributed by atoms with Crippen LogP contribution in [-0.4, -0.2) is 20.1 Å². The number of anilines is 1. The van der Waals surface area contributed by atoms with Crippen LogP contribution in [0.5, 0.6) is 0 Å². The van der Waals surface area contributed by atoms with Crippen molar-refractivity contribution < 1.29 is 4.39 Å². The van der Waals surface area contributed by atoms with Crippen molar-refractivity contribution in [2.45, 2.75) is 39.7 Å². The molecule has 0 aromatic heterocycles. The predicted octanol–water partition coefficient (Wildman–Crippen LogP) is 3.81. The van der Waals surface area contributed by atoms with Crippen molar-refractivity contribution in [3.63, 3.8) is 0 Å². The van der Waals surface area contributed by atoms with Gasteiger partial charge in [-0.1, -0.05) is 26.0 Å². The van der Waals surface area contributed by atoms with E-state index in [4.69, 9.17) is 0 Å². The lowest BCUT2D eigenvalue weighted by Gasteiger charge is -2.26. The third kappa shape index (κ3) is 3.51. The zero-order chi connectivity index (χ0) is 14.5. The lowest BCUT2D eigenvalue weighted by atomic mass is 9.89. The monoisotopic (exact) mass is 278 g/mol. The Morgan fingerprint density at radius 3 is 2.80 bits per heavy atom. The maximum absolute atomic E-state index is 14.3. The number of nitrogens with one attached hydrogen (secondary N) is 1. The summed E-state index contributed by atoms with van der Waals surface area (Å²) in [5.41, 5.74) is 1.88. The molecule has 20 heavy (non-hydrogen) atoms. The number of hydrogen-bond donors (Lipinski definition) is 1. The van der Waals surface area contributed by atoms with E-state index in [1.807, 2.05) is 13.1 Å². The molecule has 0 spiro atoms. The van der Waals surface area contributed by atoms with E-state index >= 15 is 0 Å². The van der Waals surface area contributed by atoms with Gasteiger partial charge in [-0.25, -0.2) is 4.39 Å². The summed E-state index contributed by atoms with van der Waals surface area (Å²) in [6, 6.07) is 5.42. The van der Waals surface area contributed by atoms with Crippen LogP contribution in [-0.2, 0) is 6.54 Å². The Labute approximate surface area is 122 Å². The molecule has 1 heterocycles. The summed E-state index contributed by atoms with van der Waals surface area (Å²) in [6.45, 7) is 7.27. The first-order valence-corrected chi connectivity index (χ1v) is 7.80. The van der Waals surface area contributed by atoms with Gasteiger partial charge in [-0.05, 0) is 49.8 Å². The Kier molecular flexibility index (Phi) is 5.41. The number of benzene rings is 1. The highest BCUT2D eigenvalue weighted by Gasteiger charge is 2.22. The van der Waals surface area contributed by atoms with Gasteiger partial charge < -0.3 is 10.2 Å². The van der Waals surface area contributed by atoms with Crippen LogP contribution in [0.3, 0.4) is 0 Å². The van der Waals surface area contributed by atoms with Crippen molar-refractivity contribution >= 4 is 5.69 Å². The normalized spacial score (nSPS) is 20.2. The average Bonchev–Trinajstić information content (AvgIpc) is 2.65. The highest BCUT2D eigenvalue weighted by atomic mass is 19.1.